The monoisotopic (exact) mass is 577 g/mol. The molecule has 40 heavy (non-hydrogen) atoms. The van der Waals surface area contributed by atoms with Crippen molar-refractivity contribution in [1.82, 2.24) is 14.5 Å². The van der Waals surface area contributed by atoms with Gasteiger partial charge in [-0.25, -0.2) is 14.6 Å². The molecule has 0 atom stereocenters. The van der Waals surface area contributed by atoms with Crippen LogP contribution in [0.4, 0.5) is 0 Å². The Kier molecular flexibility index (Phi) is 8.11. The predicted octanol–water partition coefficient (Wildman–Crippen LogP) is 5.82. The largest absolute Gasteiger partial charge is 0.478 e. The second-order valence-electron chi connectivity index (χ2n) is 9.18. The zero-order chi connectivity index (χ0) is 28.2. The number of fused-ring (bicyclic) bond motifs is 2. The highest BCUT2D eigenvalue weighted by molar-refractivity contribution is 7.22. The molecule has 5 aromatic rings. The molecule has 1 saturated heterocycles. The van der Waals surface area contributed by atoms with Crippen molar-refractivity contribution >= 4 is 56.1 Å². The first-order valence-electron chi connectivity index (χ1n) is 12.4. The number of aliphatic carboxylic acids is 2. The molecule has 0 amide bonds. The minimum atomic E-state index is -1.26. The molecule has 204 valence electrons. The molecule has 0 aliphatic carbocycles. The van der Waals surface area contributed by atoms with Gasteiger partial charge in [-0.15, -0.1) is 11.3 Å². The lowest BCUT2D eigenvalue weighted by atomic mass is 10.2. The number of furan rings is 1. The molecule has 0 bridgehead atoms. The zero-order valence-corrected chi connectivity index (χ0v) is 22.7. The highest BCUT2D eigenvalue weighted by atomic mass is 35.5. The third kappa shape index (κ3) is 6.31. The highest BCUT2D eigenvalue weighted by Gasteiger charge is 2.16. The Morgan fingerprint density at radius 1 is 1.00 bits per heavy atom. The fourth-order valence-electron chi connectivity index (χ4n) is 4.47. The number of halogens is 1. The molecule has 0 spiro atoms. The van der Waals surface area contributed by atoms with Gasteiger partial charge in [0.15, 0.2) is 0 Å². The summed E-state index contributed by atoms with van der Waals surface area (Å²) < 4.78 is 8.28. The van der Waals surface area contributed by atoms with E-state index in [-0.39, 0.29) is 5.56 Å². The fraction of sp³-hybridized carbons (Fsp3) is 0.172. The number of benzene rings is 2. The van der Waals surface area contributed by atoms with Crippen molar-refractivity contribution in [1.29, 1.82) is 0 Å². The van der Waals surface area contributed by atoms with Gasteiger partial charge in [0.1, 0.15) is 22.4 Å². The average molecular weight is 578 g/mol. The molecule has 4 heterocycles. The van der Waals surface area contributed by atoms with Gasteiger partial charge in [0.05, 0.1) is 17.7 Å². The minimum Gasteiger partial charge on any atom is -0.478 e. The van der Waals surface area contributed by atoms with E-state index in [1.807, 2.05) is 48.5 Å². The van der Waals surface area contributed by atoms with Crippen molar-refractivity contribution in [2.45, 2.75) is 19.4 Å². The number of rotatable bonds is 6. The van der Waals surface area contributed by atoms with Crippen molar-refractivity contribution < 1.29 is 24.2 Å². The SMILES string of the molecule is O=C(O)/C=C\C(=O)O.O=c1c2sc(-c3ccc(Cl)cc3)cc2ncn1-c1ccc2oc(CN3CCCC3)cc2c1. The number of nitrogens with zero attached hydrogens (tertiary/aromatic N) is 3. The van der Waals surface area contributed by atoms with E-state index in [2.05, 4.69) is 16.0 Å². The third-order valence-corrected chi connectivity index (χ3v) is 7.76. The summed E-state index contributed by atoms with van der Waals surface area (Å²) in [6.45, 7) is 3.09. The molecule has 1 aliphatic heterocycles. The second-order valence-corrected chi connectivity index (χ2v) is 10.7. The van der Waals surface area contributed by atoms with Gasteiger partial charge in [-0.1, -0.05) is 23.7 Å². The van der Waals surface area contributed by atoms with Gasteiger partial charge in [0, 0.05) is 27.4 Å². The van der Waals surface area contributed by atoms with Crippen LogP contribution in [0.15, 0.2) is 82.3 Å². The number of carbonyl (C=O) groups is 2. The summed E-state index contributed by atoms with van der Waals surface area (Å²) in [5, 5.41) is 17.3. The third-order valence-electron chi connectivity index (χ3n) is 6.34. The Morgan fingerprint density at radius 3 is 2.38 bits per heavy atom. The molecule has 1 aliphatic rings. The highest BCUT2D eigenvalue weighted by Crippen LogP contribution is 2.32. The smallest absolute Gasteiger partial charge is 0.328 e. The molecule has 2 N–H and O–H groups in total. The molecule has 3 aromatic heterocycles. The number of aromatic nitrogens is 2. The Balaban J connectivity index is 0.000000355. The maximum Gasteiger partial charge on any atom is 0.328 e. The van der Waals surface area contributed by atoms with Crippen molar-refractivity contribution in [3.05, 3.63) is 94.2 Å². The second kappa shape index (κ2) is 11.9. The predicted molar refractivity (Wildman–Crippen MR) is 154 cm³/mol. The normalized spacial score (nSPS) is 13.6. The first kappa shape index (κ1) is 27.3. The van der Waals surface area contributed by atoms with Crippen LogP contribution in [0, 0.1) is 0 Å². The number of likely N-dealkylation sites (tertiary alicyclic amines) is 1. The zero-order valence-electron chi connectivity index (χ0n) is 21.1. The van der Waals surface area contributed by atoms with E-state index in [1.165, 1.54) is 24.2 Å². The van der Waals surface area contributed by atoms with Crippen LogP contribution in [0.25, 0.3) is 37.3 Å². The van der Waals surface area contributed by atoms with E-state index in [0.717, 1.165) is 52.5 Å². The lowest BCUT2D eigenvalue weighted by Crippen LogP contribution is -2.17. The van der Waals surface area contributed by atoms with Gasteiger partial charge in [-0.2, -0.15) is 0 Å². The molecule has 0 saturated carbocycles. The van der Waals surface area contributed by atoms with Crippen LogP contribution >= 0.6 is 22.9 Å². The Hall–Kier alpha value is -4.25. The molecular formula is C29H24ClN3O6S. The van der Waals surface area contributed by atoms with Gasteiger partial charge in [0.25, 0.3) is 5.56 Å². The summed E-state index contributed by atoms with van der Waals surface area (Å²) in [4.78, 5) is 40.4. The summed E-state index contributed by atoms with van der Waals surface area (Å²) in [7, 11) is 0. The van der Waals surface area contributed by atoms with Crippen molar-refractivity contribution in [3.63, 3.8) is 0 Å². The summed E-state index contributed by atoms with van der Waals surface area (Å²) in [6.07, 6.45) is 5.23. The summed E-state index contributed by atoms with van der Waals surface area (Å²) in [5.74, 6) is -1.55. The lowest BCUT2D eigenvalue weighted by molar-refractivity contribution is -0.134. The molecule has 0 radical (unpaired) electrons. The van der Waals surface area contributed by atoms with E-state index < -0.39 is 11.9 Å². The molecule has 0 unspecified atom stereocenters. The molecule has 2 aromatic carbocycles. The van der Waals surface area contributed by atoms with Crippen molar-refractivity contribution in [2.75, 3.05) is 13.1 Å². The van der Waals surface area contributed by atoms with Gasteiger partial charge in [0.2, 0.25) is 0 Å². The first-order valence-corrected chi connectivity index (χ1v) is 13.6. The number of thiophene rings is 1. The van der Waals surface area contributed by atoms with Gasteiger partial charge in [-0.3, -0.25) is 14.3 Å². The van der Waals surface area contributed by atoms with E-state index in [9.17, 15) is 14.4 Å². The Labute approximate surface area is 237 Å². The lowest BCUT2D eigenvalue weighted by Gasteiger charge is -2.11. The van der Waals surface area contributed by atoms with E-state index >= 15 is 0 Å². The van der Waals surface area contributed by atoms with Crippen molar-refractivity contribution in [3.8, 4) is 16.1 Å². The molecular weight excluding hydrogens is 554 g/mol. The maximum atomic E-state index is 13.3. The standard InChI is InChI=1S/C25H20ClN3O2S.C4H4O4/c26-18-5-3-16(4-6-18)23-13-21-24(32-23)25(30)29(15-27-21)19-7-8-22-17(11-19)12-20(31-22)14-28-9-1-2-10-28;5-3(6)1-2-4(7)8/h3-8,11-13,15H,1-2,9-10,14H2;1-2H,(H,5,6)(H,7,8)/b;2-1-. The number of carboxylic acid groups (broad SMARTS) is 2. The quantitative estimate of drug-likeness (QED) is 0.242. The molecule has 9 nitrogen and oxygen atoms in total. The van der Waals surface area contributed by atoms with Crippen molar-refractivity contribution in [2.24, 2.45) is 0 Å². The van der Waals surface area contributed by atoms with Crippen LogP contribution in [-0.4, -0.2) is 49.7 Å². The first-order chi connectivity index (χ1) is 19.3. The van der Waals surface area contributed by atoms with Crippen LogP contribution in [-0.2, 0) is 16.1 Å². The van der Waals surface area contributed by atoms with Gasteiger partial charge >= 0.3 is 11.9 Å². The van der Waals surface area contributed by atoms with Crippen LogP contribution in [0.3, 0.4) is 0 Å². The van der Waals surface area contributed by atoms with Crippen LogP contribution in [0.5, 0.6) is 0 Å². The molecule has 11 heteroatoms. The van der Waals surface area contributed by atoms with Crippen LogP contribution in [0.2, 0.25) is 5.02 Å². The number of hydrogen-bond donors (Lipinski definition) is 2. The number of hydrogen-bond acceptors (Lipinski definition) is 7. The number of carboxylic acids is 2. The minimum absolute atomic E-state index is 0.0691. The topological polar surface area (TPSA) is 126 Å². The van der Waals surface area contributed by atoms with Gasteiger partial charge < -0.3 is 14.6 Å². The van der Waals surface area contributed by atoms with Gasteiger partial charge in [-0.05, 0) is 74.0 Å². The van der Waals surface area contributed by atoms with E-state index in [4.69, 9.17) is 26.2 Å². The van der Waals surface area contributed by atoms with E-state index in [1.54, 1.807) is 10.9 Å². The van der Waals surface area contributed by atoms with Crippen LogP contribution in [0.1, 0.15) is 18.6 Å². The Bertz CT molecular complexity index is 1770. The maximum absolute atomic E-state index is 13.3. The summed E-state index contributed by atoms with van der Waals surface area (Å²) in [5.41, 5.74) is 3.28. The Morgan fingerprint density at radius 2 is 1.70 bits per heavy atom. The summed E-state index contributed by atoms with van der Waals surface area (Å²) in [6, 6.07) is 17.5. The average Bonchev–Trinajstić information content (AvgIpc) is 3.68. The fourth-order valence-corrected chi connectivity index (χ4v) is 5.64. The summed E-state index contributed by atoms with van der Waals surface area (Å²) >= 11 is 7.46. The van der Waals surface area contributed by atoms with Crippen LogP contribution < -0.4 is 5.56 Å². The molecule has 1 fully saturated rings. The molecule has 6 rings (SSSR count). The van der Waals surface area contributed by atoms with E-state index in [0.29, 0.717) is 27.4 Å².